The van der Waals surface area contributed by atoms with Crippen LogP contribution in [0.15, 0.2) is 24.3 Å². The number of amides is 1. The standard InChI is InChI=1S/C16H15N3O2S/c17-7-11-1-3-12(4-2-11)9-22-10-15(20)14(8-18)16(21)19-13-5-6-13/h1-4,13-14H,5-6,9-10H2,(H,19,21)/t14-/m1/s1. The largest absolute Gasteiger partial charge is 0.352 e. The molecule has 1 amide bonds. The molecule has 1 saturated carbocycles. The predicted molar refractivity (Wildman–Crippen MR) is 82.6 cm³/mol. The maximum absolute atomic E-state index is 12.0. The number of Topliss-reactive ketones (excluding diaryl/α,β-unsaturated/α-hetero) is 1. The van der Waals surface area contributed by atoms with Crippen LogP contribution in [-0.2, 0) is 15.3 Å². The van der Waals surface area contributed by atoms with Crippen molar-refractivity contribution >= 4 is 23.5 Å². The van der Waals surface area contributed by atoms with E-state index in [9.17, 15) is 9.59 Å². The van der Waals surface area contributed by atoms with E-state index in [-0.39, 0.29) is 17.6 Å². The minimum absolute atomic E-state index is 0.121. The maximum atomic E-state index is 12.0. The van der Waals surface area contributed by atoms with Crippen molar-refractivity contribution < 1.29 is 9.59 Å². The van der Waals surface area contributed by atoms with E-state index >= 15 is 0 Å². The van der Waals surface area contributed by atoms with Gasteiger partial charge in [-0.25, -0.2) is 0 Å². The fourth-order valence-electron chi connectivity index (χ4n) is 1.82. The van der Waals surface area contributed by atoms with Gasteiger partial charge in [0.25, 0.3) is 0 Å². The maximum Gasteiger partial charge on any atom is 0.245 e. The lowest BCUT2D eigenvalue weighted by atomic mass is 10.1. The summed E-state index contributed by atoms with van der Waals surface area (Å²) in [6.07, 6.45) is 1.84. The fourth-order valence-corrected chi connectivity index (χ4v) is 2.72. The molecular weight excluding hydrogens is 298 g/mol. The van der Waals surface area contributed by atoms with E-state index in [0.717, 1.165) is 18.4 Å². The number of rotatable bonds is 7. The molecule has 0 radical (unpaired) electrons. The number of thioether (sulfide) groups is 1. The van der Waals surface area contributed by atoms with Crippen molar-refractivity contribution in [1.82, 2.24) is 5.32 Å². The lowest BCUT2D eigenvalue weighted by Gasteiger charge is -2.08. The molecule has 1 fully saturated rings. The Labute approximate surface area is 133 Å². The fraction of sp³-hybridized carbons (Fsp3) is 0.375. The van der Waals surface area contributed by atoms with Gasteiger partial charge in [0.1, 0.15) is 0 Å². The minimum Gasteiger partial charge on any atom is -0.352 e. The first kappa shape index (κ1) is 16.1. The number of hydrogen-bond acceptors (Lipinski definition) is 5. The lowest BCUT2D eigenvalue weighted by Crippen LogP contribution is -2.36. The van der Waals surface area contributed by atoms with E-state index in [2.05, 4.69) is 5.32 Å². The lowest BCUT2D eigenvalue weighted by molar-refractivity contribution is -0.130. The molecule has 1 aliphatic carbocycles. The molecule has 0 saturated heterocycles. The van der Waals surface area contributed by atoms with Crippen LogP contribution in [0.4, 0.5) is 0 Å². The van der Waals surface area contributed by atoms with Gasteiger partial charge < -0.3 is 5.32 Å². The van der Waals surface area contributed by atoms with Gasteiger partial charge in [0, 0.05) is 11.8 Å². The molecule has 1 aromatic carbocycles. The summed E-state index contributed by atoms with van der Waals surface area (Å²) in [7, 11) is 0. The van der Waals surface area contributed by atoms with Crippen molar-refractivity contribution in [1.29, 1.82) is 10.5 Å². The third-order valence-corrected chi connectivity index (χ3v) is 4.26. The average molecular weight is 313 g/mol. The molecule has 112 valence electrons. The van der Waals surface area contributed by atoms with Crippen molar-refractivity contribution in [3.63, 3.8) is 0 Å². The highest BCUT2D eigenvalue weighted by molar-refractivity contribution is 7.99. The topological polar surface area (TPSA) is 93.8 Å². The second-order valence-electron chi connectivity index (χ2n) is 5.11. The van der Waals surface area contributed by atoms with E-state index in [1.807, 2.05) is 18.2 Å². The first-order valence-electron chi connectivity index (χ1n) is 6.93. The third-order valence-electron chi connectivity index (χ3n) is 3.23. The van der Waals surface area contributed by atoms with E-state index in [4.69, 9.17) is 10.5 Å². The van der Waals surface area contributed by atoms with Crippen molar-refractivity contribution in [2.45, 2.75) is 24.6 Å². The van der Waals surface area contributed by atoms with Crippen LogP contribution in [0, 0.1) is 28.6 Å². The summed E-state index contributed by atoms with van der Waals surface area (Å²) in [5.74, 6) is -1.33. The van der Waals surface area contributed by atoms with Gasteiger partial charge in [0.15, 0.2) is 11.7 Å². The van der Waals surface area contributed by atoms with Gasteiger partial charge in [-0.3, -0.25) is 9.59 Å². The highest BCUT2D eigenvalue weighted by atomic mass is 32.2. The van der Waals surface area contributed by atoms with Crippen LogP contribution in [0.5, 0.6) is 0 Å². The molecule has 0 aromatic heterocycles. The summed E-state index contributed by atoms with van der Waals surface area (Å²) in [6.45, 7) is 0. The summed E-state index contributed by atoms with van der Waals surface area (Å²) in [6, 6.07) is 11.1. The number of carbonyl (C=O) groups excluding carboxylic acids is 2. The van der Waals surface area contributed by atoms with Crippen LogP contribution < -0.4 is 5.32 Å². The normalized spacial score (nSPS) is 14.5. The summed E-state index contributed by atoms with van der Waals surface area (Å²) in [5, 5.41) is 20.4. The Balaban J connectivity index is 1.79. The molecule has 2 rings (SSSR count). The van der Waals surface area contributed by atoms with Crippen molar-refractivity contribution in [3.05, 3.63) is 35.4 Å². The van der Waals surface area contributed by atoms with Crippen LogP contribution in [-0.4, -0.2) is 23.5 Å². The minimum atomic E-state index is -1.21. The SMILES string of the molecule is N#Cc1ccc(CSCC(=O)[C@@H](C#N)C(=O)NC2CC2)cc1. The van der Waals surface area contributed by atoms with E-state index in [1.54, 1.807) is 18.2 Å². The van der Waals surface area contributed by atoms with Crippen molar-refractivity contribution in [2.24, 2.45) is 5.92 Å². The van der Waals surface area contributed by atoms with Crippen LogP contribution >= 0.6 is 11.8 Å². The smallest absolute Gasteiger partial charge is 0.245 e. The van der Waals surface area contributed by atoms with Gasteiger partial charge in [0.2, 0.25) is 5.91 Å². The molecule has 0 unspecified atom stereocenters. The first-order valence-corrected chi connectivity index (χ1v) is 8.09. The molecule has 5 nitrogen and oxygen atoms in total. The van der Waals surface area contributed by atoms with Gasteiger partial charge in [0.05, 0.1) is 23.5 Å². The number of nitrogens with zero attached hydrogens (tertiary/aromatic N) is 2. The highest BCUT2D eigenvalue weighted by Crippen LogP contribution is 2.20. The molecular formula is C16H15N3O2S. The van der Waals surface area contributed by atoms with E-state index < -0.39 is 11.8 Å². The summed E-state index contributed by atoms with van der Waals surface area (Å²) < 4.78 is 0. The molecule has 0 aliphatic heterocycles. The van der Waals surface area contributed by atoms with Gasteiger partial charge in [-0.15, -0.1) is 11.8 Å². The molecule has 6 heteroatoms. The average Bonchev–Trinajstić information content (AvgIpc) is 3.32. The van der Waals surface area contributed by atoms with Crippen LogP contribution in [0.1, 0.15) is 24.0 Å². The number of hydrogen-bond donors (Lipinski definition) is 1. The molecule has 0 bridgehead atoms. The van der Waals surface area contributed by atoms with Crippen molar-refractivity contribution in [3.8, 4) is 12.1 Å². The summed E-state index contributed by atoms with van der Waals surface area (Å²) in [4.78, 5) is 23.7. The number of carbonyl (C=O) groups is 2. The van der Waals surface area contributed by atoms with E-state index in [0.29, 0.717) is 11.3 Å². The Bertz CT molecular complexity index is 639. The Morgan fingerprint density at radius 1 is 1.27 bits per heavy atom. The quantitative estimate of drug-likeness (QED) is 0.774. The highest BCUT2D eigenvalue weighted by Gasteiger charge is 2.31. The molecule has 1 aromatic rings. The number of nitrogens with one attached hydrogen (secondary N) is 1. The first-order chi connectivity index (χ1) is 10.6. The summed E-state index contributed by atoms with van der Waals surface area (Å²) in [5.41, 5.74) is 1.58. The monoisotopic (exact) mass is 313 g/mol. The van der Waals surface area contributed by atoms with Gasteiger partial charge in [-0.05, 0) is 30.5 Å². The Hall–Kier alpha value is -2.31. The molecule has 0 heterocycles. The third kappa shape index (κ3) is 4.61. The number of ketones is 1. The Kier molecular flexibility index (Phi) is 5.57. The molecule has 1 N–H and O–H groups in total. The predicted octanol–water partition coefficient (Wildman–Crippen LogP) is 1.78. The van der Waals surface area contributed by atoms with Crippen molar-refractivity contribution in [2.75, 3.05) is 5.75 Å². The van der Waals surface area contributed by atoms with Crippen LogP contribution in [0.2, 0.25) is 0 Å². The van der Waals surface area contributed by atoms with Gasteiger partial charge >= 0.3 is 0 Å². The van der Waals surface area contributed by atoms with Crippen LogP contribution in [0.3, 0.4) is 0 Å². The van der Waals surface area contributed by atoms with Gasteiger partial charge in [-0.2, -0.15) is 10.5 Å². The van der Waals surface area contributed by atoms with Crippen LogP contribution in [0.25, 0.3) is 0 Å². The molecule has 0 spiro atoms. The second kappa shape index (κ2) is 7.63. The van der Waals surface area contributed by atoms with E-state index in [1.165, 1.54) is 11.8 Å². The van der Waals surface area contributed by atoms with Gasteiger partial charge in [-0.1, -0.05) is 12.1 Å². The second-order valence-corrected chi connectivity index (χ2v) is 6.10. The number of benzene rings is 1. The zero-order valence-corrected chi connectivity index (χ0v) is 12.7. The zero-order valence-electron chi connectivity index (χ0n) is 11.9. The Morgan fingerprint density at radius 2 is 1.95 bits per heavy atom. The molecule has 1 aliphatic rings. The number of nitriles is 2. The zero-order chi connectivity index (χ0) is 15.9. The Morgan fingerprint density at radius 3 is 2.50 bits per heavy atom. The molecule has 22 heavy (non-hydrogen) atoms. The molecule has 1 atom stereocenters. The summed E-state index contributed by atoms with van der Waals surface area (Å²) >= 11 is 1.36.